The number of nitrogens with zero attached hydrogens (tertiary/aromatic N) is 5. The summed E-state index contributed by atoms with van der Waals surface area (Å²) < 4.78 is 20.9. The van der Waals surface area contributed by atoms with Crippen molar-refractivity contribution in [2.45, 2.75) is 90.4 Å². The van der Waals surface area contributed by atoms with Crippen LogP contribution < -0.4 is 10.6 Å². The summed E-state index contributed by atoms with van der Waals surface area (Å²) in [5.41, 5.74) is 6.89. The Bertz CT molecular complexity index is 2380. The Hall–Kier alpha value is -6.27. The zero-order valence-electron chi connectivity index (χ0n) is 38.1. The molecule has 18 nitrogen and oxygen atoms in total. The Labute approximate surface area is 378 Å². The average molecular weight is 895 g/mol. The fourth-order valence-electron chi connectivity index (χ4n) is 9.06. The second kappa shape index (κ2) is 21.6. The molecule has 7 rings (SSSR count). The van der Waals surface area contributed by atoms with Crippen molar-refractivity contribution in [2.24, 2.45) is 11.8 Å². The van der Waals surface area contributed by atoms with Crippen LogP contribution in [0.1, 0.15) is 90.0 Å². The SMILES string of the molecule is CCCN(C(=O)C(NC(=O)OC)C1CCOCC1)C(C)c1ncc(-c2ccc(-c3ccc(-c4cnc(C(C)N(CCC)C(=O)C(NC(=O)OC)C5CCOCC5)[nH]4)c4nc[nH]c34)cc2)[nH]1. The van der Waals surface area contributed by atoms with Gasteiger partial charge in [-0.05, 0) is 81.4 Å². The van der Waals surface area contributed by atoms with Gasteiger partial charge in [-0.15, -0.1) is 0 Å². The van der Waals surface area contributed by atoms with Crippen molar-refractivity contribution in [1.29, 1.82) is 0 Å². The maximum absolute atomic E-state index is 14.2. The van der Waals surface area contributed by atoms with Crippen LogP contribution in [0.5, 0.6) is 0 Å². The van der Waals surface area contributed by atoms with E-state index in [0.717, 1.165) is 57.5 Å². The monoisotopic (exact) mass is 894 g/mol. The molecule has 348 valence electrons. The number of carbonyl (C=O) groups is 4. The Kier molecular flexibility index (Phi) is 15.5. The van der Waals surface area contributed by atoms with Gasteiger partial charge in [0.25, 0.3) is 0 Å². The first-order chi connectivity index (χ1) is 31.6. The second-order valence-electron chi connectivity index (χ2n) is 16.8. The highest BCUT2D eigenvalue weighted by Crippen LogP contribution is 2.35. The average Bonchev–Trinajstić information content (AvgIpc) is 4.16. The van der Waals surface area contributed by atoms with E-state index in [1.807, 2.05) is 45.9 Å². The van der Waals surface area contributed by atoms with Crippen LogP contribution in [0.3, 0.4) is 0 Å². The van der Waals surface area contributed by atoms with E-state index in [0.29, 0.717) is 76.8 Å². The van der Waals surface area contributed by atoms with Gasteiger partial charge in [-0.2, -0.15) is 0 Å². The molecular weight excluding hydrogens is 833 g/mol. The zero-order chi connectivity index (χ0) is 46.0. The number of aromatic nitrogens is 6. The fourth-order valence-corrected chi connectivity index (χ4v) is 9.06. The molecule has 4 atom stereocenters. The van der Waals surface area contributed by atoms with Gasteiger partial charge in [0.05, 0.1) is 67.4 Å². The van der Waals surface area contributed by atoms with Crippen LogP contribution in [0.15, 0.2) is 55.1 Å². The van der Waals surface area contributed by atoms with Crippen LogP contribution in [-0.4, -0.2) is 130 Å². The molecule has 0 aliphatic carbocycles. The van der Waals surface area contributed by atoms with Gasteiger partial charge < -0.3 is 54.3 Å². The van der Waals surface area contributed by atoms with E-state index < -0.39 is 30.3 Å². The lowest BCUT2D eigenvalue weighted by molar-refractivity contribution is -0.138. The second-order valence-corrected chi connectivity index (χ2v) is 16.8. The smallest absolute Gasteiger partial charge is 0.407 e. The number of hydrogen-bond donors (Lipinski definition) is 5. The summed E-state index contributed by atoms with van der Waals surface area (Å²) in [6.07, 6.45) is 8.03. The largest absolute Gasteiger partial charge is 0.453 e. The minimum Gasteiger partial charge on any atom is -0.453 e. The molecule has 5 heterocycles. The van der Waals surface area contributed by atoms with Gasteiger partial charge in [0.15, 0.2) is 0 Å². The Morgan fingerprint density at radius 2 is 1.14 bits per heavy atom. The Balaban J connectivity index is 1.07. The predicted octanol–water partition coefficient (Wildman–Crippen LogP) is 6.91. The van der Waals surface area contributed by atoms with Crippen LogP contribution in [0.25, 0.3) is 44.7 Å². The molecule has 2 fully saturated rings. The van der Waals surface area contributed by atoms with Crippen LogP contribution in [-0.2, 0) is 28.5 Å². The summed E-state index contributed by atoms with van der Waals surface area (Å²) in [5.74, 6) is 0.752. The van der Waals surface area contributed by atoms with Gasteiger partial charge in [0.1, 0.15) is 23.7 Å². The Morgan fingerprint density at radius 1 is 0.677 bits per heavy atom. The van der Waals surface area contributed by atoms with E-state index in [2.05, 4.69) is 43.8 Å². The van der Waals surface area contributed by atoms with Crippen molar-refractivity contribution >= 4 is 35.0 Å². The number of nitrogens with one attached hydrogen (secondary N) is 5. The maximum atomic E-state index is 14.2. The predicted molar refractivity (Wildman–Crippen MR) is 243 cm³/mol. The van der Waals surface area contributed by atoms with Crippen LogP contribution >= 0.6 is 0 Å². The number of carbonyl (C=O) groups excluding carboxylic acids is 4. The lowest BCUT2D eigenvalue weighted by atomic mass is 9.90. The molecule has 2 saturated heterocycles. The molecule has 5 N–H and O–H groups in total. The van der Waals surface area contributed by atoms with Crippen molar-refractivity contribution in [3.63, 3.8) is 0 Å². The number of hydrogen-bond acceptors (Lipinski definition) is 11. The van der Waals surface area contributed by atoms with E-state index in [1.165, 1.54) is 14.2 Å². The first-order valence-electron chi connectivity index (χ1n) is 22.7. The molecule has 2 aliphatic rings. The van der Waals surface area contributed by atoms with Gasteiger partial charge in [-0.1, -0.05) is 44.2 Å². The van der Waals surface area contributed by atoms with Gasteiger partial charge in [-0.3, -0.25) is 9.59 Å². The van der Waals surface area contributed by atoms with Crippen LogP contribution in [0.4, 0.5) is 9.59 Å². The third-order valence-corrected chi connectivity index (χ3v) is 12.7. The lowest BCUT2D eigenvalue weighted by Gasteiger charge is -2.36. The summed E-state index contributed by atoms with van der Waals surface area (Å²) in [7, 11) is 2.59. The van der Waals surface area contributed by atoms with Crippen molar-refractivity contribution in [3.8, 4) is 33.6 Å². The number of rotatable bonds is 17. The van der Waals surface area contributed by atoms with Crippen molar-refractivity contribution < 1.29 is 38.1 Å². The molecule has 4 unspecified atom stereocenters. The van der Waals surface area contributed by atoms with Crippen LogP contribution in [0, 0.1) is 11.8 Å². The number of alkyl carbamates (subject to hydrolysis) is 2. The molecule has 0 spiro atoms. The molecule has 4 amide bonds. The van der Waals surface area contributed by atoms with Crippen molar-refractivity contribution in [3.05, 3.63) is 66.8 Å². The Morgan fingerprint density at radius 3 is 1.63 bits per heavy atom. The molecule has 18 heteroatoms. The third-order valence-electron chi connectivity index (χ3n) is 12.7. The minimum atomic E-state index is -0.751. The van der Waals surface area contributed by atoms with E-state index in [4.69, 9.17) is 33.9 Å². The summed E-state index contributed by atoms with van der Waals surface area (Å²) in [6.45, 7) is 11.0. The minimum absolute atomic E-state index is 0.0693. The van der Waals surface area contributed by atoms with Gasteiger partial charge in [-0.25, -0.2) is 24.5 Å². The molecule has 2 aliphatic heterocycles. The highest BCUT2D eigenvalue weighted by atomic mass is 16.5. The van der Waals surface area contributed by atoms with E-state index >= 15 is 0 Å². The first kappa shape index (κ1) is 46.7. The van der Waals surface area contributed by atoms with Crippen molar-refractivity contribution in [2.75, 3.05) is 53.7 Å². The highest BCUT2D eigenvalue weighted by Gasteiger charge is 2.38. The number of methoxy groups -OCH3 is 2. The number of imidazole rings is 3. The molecular formula is C47H62N10O8. The van der Waals surface area contributed by atoms with Gasteiger partial charge >= 0.3 is 12.2 Å². The molecule has 0 radical (unpaired) electrons. The zero-order valence-corrected chi connectivity index (χ0v) is 38.1. The quantitative estimate of drug-likeness (QED) is 0.0645. The van der Waals surface area contributed by atoms with Crippen molar-refractivity contribution in [1.82, 2.24) is 50.3 Å². The topological polar surface area (TPSA) is 222 Å². The molecule has 2 aromatic carbocycles. The molecule has 0 saturated carbocycles. The van der Waals surface area contributed by atoms with E-state index in [1.54, 1.807) is 28.5 Å². The third kappa shape index (κ3) is 10.5. The maximum Gasteiger partial charge on any atom is 0.407 e. The van der Waals surface area contributed by atoms with Crippen LogP contribution in [0.2, 0.25) is 0 Å². The standard InChI is InChI=1S/C47H62N10O8/c1-7-19-56(44(58)38(54-46(60)62-5)32-15-21-64-22-16-32)28(3)42-48-25-36(52-42)31-11-9-30(10-12-31)34-13-14-35(41-40(34)50-27-51-41)37-26-49-43(53-37)29(4)57(20-8-2)45(59)39(55-47(61)63-6)33-17-23-65-24-18-33/h9-14,25-29,32-33,38-39H,7-8,15-24H2,1-6H3,(H,48,52)(H,49,53)(H,50,51)(H,54,60)(H,55,61). The first-order valence-corrected chi connectivity index (χ1v) is 22.7. The molecule has 3 aromatic heterocycles. The number of H-pyrrole nitrogens is 3. The molecule has 0 bridgehead atoms. The normalized spacial score (nSPS) is 16.6. The van der Waals surface area contributed by atoms with E-state index in [9.17, 15) is 19.2 Å². The van der Waals surface area contributed by atoms with E-state index in [-0.39, 0.29) is 29.7 Å². The summed E-state index contributed by atoms with van der Waals surface area (Å²) in [6, 6.07) is 9.94. The lowest BCUT2D eigenvalue weighted by Crippen LogP contribution is -2.54. The van der Waals surface area contributed by atoms with Gasteiger partial charge in [0, 0.05) is 50.6 Å². The number of ether oxygens (including phenoxy) is 4. The van der Waals surface area contributed by atoms with Gasteiger partial charge in [0.2, 0.25) is 11.8 Å². The fraction of sp³-hybridized carbons (Fsp3) is 0.511. The number of aromatic amines is 3. The number of amides is 4. The molecule has 5 aromatic rings. The summed E-state index contributed by atoms with van der Waals surface area (Å²) in [5, 5.41) is 5.62. The number of fused-ring (bicyclic) bond motifs is 1. The molecule has 65 heavy (non-hydrogen) atoms. The summed E-state index contributed by atoms with van der Waals surface area (Å²) >= 11 is 0. The summed E-state index contributed by atoms with van der Waals surface area (Å²) in [4.78, 5) is 81.1. The highest BCUT2D eigenvalue weighted by molar-refractivity contribution is 6.00. The number of benzene rings is 2.